The maximum atomic E-state index is 9.85. The molecular weight excluding hydrogens is 149 g/mol. The molecule has 1 unspecified atom stereocenters. The minimum absolute atomic E-state index is 0. The van der Waals surface area contributed by atoms with Crippen molar-refractivity contribution >= 4 is 41.5 Å². The molecule has 6 heteroatoms. The van der Waals surface area contributed by atoms with Crippen LogP contribution in [0.2, 0.25) is 0 Å². The number of hydrogen-bond donors (Lipinski definition) is 3. The van der Waals surface area contributed by atoms with Crippen molar-refractivity contribution in [2.24, 2.45) is 5.73 Å². The number of carboxylic acid groups (broad SMARTS) is 2. The summed E-state index contributed by atoms with van der Waals surface area (Å²) in [6, 6.07) is -1.29. The Kier molecular flexibility index (Phi) is 7.12. The second-order valence-electron chi connectivity index (χ2n) is 1.54. The van der Waals surface area contributed by atoms with Crippen molar-refractivity contribution in [1.29, 1.82) is 0 Å². The molecule has 0 saturated carbocycles. The standard InChI is InChI=1S/C4H7NO4.Na.H/c5-2(4(8)9)1-3(6)7;;/h2H,1,5H2,(H,6,7)(H,8,9);;. The summed E-state index contributed by atoms with van der Waals surface area (Å²) in [5.74, 6) is -2.50. The van der Waals surface area contributed by atoms with E-state index in [9.17, 15) is 9.59 Å². The van der Waals surface area contributed by atoms with Crippen LogP contribution in [-0.4, -0.2) is 57.8 Å². The third-order valence-electron chi connectivity index (χ3n) is 0.712. The van der Waals surface area contributed by atoms with Gasteiger partial charge < -0.3 is 15.9 Å². The Bertz CT molecular complexity index is 137. The van der Waals surface area contributed by atoms with E-state index in [4.69, 9.17) is 15.9 Å². The van der Waals surface area contributed by atoms with E-state index in [2.05, 4.69) is 0 Å². The van der Waals surface area contributed by atoms with Gasteiger partial charge in [0.05, 0.1) is 6.42 Å². The second kappa shape index (κ2) is 5.67. The molecule has 0 rings (SSSR count). The Morgan fingerprint density at radius 1 is 1.40 bits per heavy atom. The first-order valence-electron chi connectivity index (χ1n) is 2.24. The molecule has 4 N–H and O–H groups in total. The number of aliphatic carboxylic acids is 2. The number of rotatable bonds is 3. The summed E-state index contributed by atoms with van der Waals surface area (Å²) in [4.78, 5) is 19.6. The first kappa shape index (κ1) is 12.6. The Labute approximate surface area is 79.5 Å². The van der Waals surface area contributed by atoms with Gasteiger partial charge in [0.2, 0.25) is 0 Å². The molecule has 0 heterocycles. The molecule has 0 aliphatic carbocycles. The normalized spacial score (nSPS) is 11.3. The zero-order valence-electron chi connectivity index (χ0n) is 4.57. The number of carboxylic acids is 2. The minimum atomic E-state index is -1.29. The van der Waals surface area contributed by atoms with Gasteiger partial charge in [0.25, 0.3) is 0 Å². The van der Waals surface area contributed by atoms with Gasteiger partial charge in [-0.15, -0.1) is 0 Å². The molecule has 0 aliphatic heterocycles. The van der Waals surface area contributed by atoms with Crippen molar-refractivity contribution in [3.8, 4) is 0 Å². The fourth-order valence-corrected chi connectivity index (χ4v) is 0.275. The van der Waals surface area contributed by atoms with E-state index in [0.29, 0.717) is 0 Å². The van der Waals surface area contributed by atoms with Crippen molar-refractivity contribution in [1.82, 2.24) is 0 Å². The zero-order chi connectivity index (χ0) is 7.44. The molecule has 0 aliphatic rings. The molecule has 0 saturated heterocycles. The summed E-state index contributed by atoms with van der Waals surface area (Å²) in [7, 11) is 0. The molecule has 0 aromatic heterocycles. The quantitative estimate of drug-likeness (QED) is 0.420. The summed E-state index contributed by atoms with van der Waals surface area (Å²) in [5.41, 5.74) is 4.84. The van der Waals surface area contributed by atoms with Crippen LogP contribution in [-0.2, 0) is 9.59 Å². The number of hydrogen-bond acceptors (Lipinski definition) is 3. The molecule has 0 spiro atoms. The summed E-state index contributed by atoms with van der Waals surface area (Å²) >= 11 is 0. The van der Waals surface area contributed by atoms with Crippen molar-refractivity contribution in [2.45, 2.75) is 12.5 Å². The summed E-state index contributed by atoms with van der Waals surface area (Å²) in [6.45, 7) is 0. The Morgan fingerprint density at radius 3 is 1.90 bits per heavy atom. The molecule has 10 heavy (non-hydrogen) atoms. The Morgan fingerprint density at radius 2 is 1.80 bits per heavy atom. The van der Waals surface area contributed by atoms with E-state index in [1.807, 2.05) is 0 Å². The third kappa shape index (κ3) is 6.03. The fraction of sp³-hybridized carbons (Fsp3) is 0.500. The zero-order valence-corrected chi connectivity index (χ0v) is 4.57. The van der Waals surface area contributed by atoms with Gasteiger partial charge in [-0.2, -0.15) is 0 Å². The Hall–Kier alpha value is -0.100. The fourth-order valence-electron chi connectivity index (χ4n) is 0.275. The molecule has 0 radical (unpaired) electrons. The van der Waals surface area contributed by atoms with Crippen molar-refractivity contribution in [2.75, 3.05) is 0 Å². The van der Waals surface area contributed by atoms with Crippen LogP contribution in [0.5, 0.6) is 0 Å². The maximum absolute atomic E-state index is 9.85. The van der Waals surface area contributed by atoms with Crippen LogP contribution in [0.1, 0.15) is 6.42 Å². The molecule has 0 bridgehead atoms. The molecule has 0 aromatic rings. The second-order valence-corrected chi connectivity index (χ2v) is 1.54. The first-order valence-corrected chi connectivity index (χ1v) is 2.24. The van der Waals surface area contributed by atoms with E-state index in [1.165, 1.54) is 0 Å². The van der Waals surface area contributed by atoms with Gasteiger partial charge in [0.1, 0.15) is 6.04 Å². The van der Waals surface area contributed by atoms with Crippen LogP contribution in [0, 0.1) is 0 Å². The van der Waals surface area contributed by atoms with Crippen LogP contribution >= 0.6 is 0 Å². The van der Waals surface area contributed by atoms with Gasteiger partial charge in [-0.1, -0.05) is 0 Å². The number of nitrogens with two attached hydrogens (primary N) is 1. The average Bonchev–Trinajstić information content (AvgIpc) is 1.63. The number of carbonyl (C=O) groups is 2. The third-order valence-corrected chi connectivity index (χ3v) is 0.712. The van der Waals surface area contributed by atoms with E-state index in [1.54, 1.807) is 0 Å². The van der Waals surface area contributed by atoms with Crippen LogP contribution in [0.15, 0.2) is 0 Å². The first-order chi connectivity index (χ1) is 4.04. The van der Waals surface area contributed by atoms with Crippen molar-refractivity contribution < 1.29 is 19.8 Å². The van der Waals surface area contributed by atoms with E-state index >= 15 is 0 Å². The predicted molar refractivity (Wildman–Crippen MR) is 35.0 cm³/mol. The molecule has 0 fully saturated rings. The molecule has 1 atom stereocenters. The monoisotopic (exact) mass is 157 g/mol. The molecule has 0 amide bonds. The summed E-state index contributed by atoms with van der Waals surface area (Å²) in [5, 5.41) is 16.0. The van der Waals surface area contributed by atoms with Gasteiger partial charge in [0.15, 0.2) is 0 Å². The average molecular weight is 157 g/mol. The van der Waals surface area contributed by atoms with Gasteiger partial charge in [-0.3, -0.25) is 9.59 Å². The van der Waals surface area contributed by atoms with Crippen molar-refractivity contribution in [3.63, 3.8) is 0 Å². The molecular formula is C4H8NNaO4. The van der Waals surface area contributed by atoms with Crippen LogP contribution in [0.3, 0.4) is 0 Å². The van der Waals surface area contributed by atoms with Gasteiger partial charge in [0, 0.05) is 0 Å². The molecule has 0 aromatic carbocycles. The molecule has 5 nitrogen and oxygen atoms in total. The predicted octanol–water partition coefficient (Wildman–Crippen LogP) is -1.78. The van der Waals surface area contributed by atoms with Gasteiger partial charge in [-0.25, -0.2) is 0 Å². The topological polar surface area (TPSA) is 101 Å². The summed E-state index contributed by atoms with van der Waals surface area (Å²) < 4.78 is 0. The SMILES string of the molecule is NC(CC(=O)O)C(=O)O.[NaH]. The summed E-state index contributed by atoms with van der Waals surface area (Å²) in [6.07, 6.45) is -0.532. The van der Waals surface area contributed by atoms with Crippen LogP contribution in [0.25, 0.3) is 0 Å². The van der Waals surface area contributed by atoms with E-state index in [-0.39, 0.29) is 29.6 Å². The van der Waals surface area contributed by atoms with Crippen LogP contribution < -0.4 is 5.73 Å². The Balaban J connectivity index is 0. The van der Waals surface area contributed by atoms with Crippen LogP contribution in [0.4, 0.5) is 0 Å². The van der Waals surface area contributed by atoms with Crippen molar-refractivity contribution in [3.05, 3.63) is 0 Å². The van der Waals surface area contributed by atoms with Gasteiger partial charge >= 0.3 is 41.5 Å². The molecule has 54 valence electrons. The van der Waals surface area contributed by atoms with E-state index in [0.717, 1.165) is 0 Å². The van der Waals surface area contributed by atoms with Gasteiger partial charge in [-0.05, 0) is 0 Å². The van der Waals surface area contributed by atoms with E-state index < -0.39 is 24.4 Å².